The van der Waals surface area contributed by atoms with Gasteiger partial charge in [-0.2, -0.15) is 5.26 Å². The Morgan fingerprint density at radius 1 is 1.40 bits per heavy atom. The molecule has 1 aromatic carbocycles. The molecule has 0 radical (unpaired) electrons. The topological polar surface area (TPSA) is 27.0 Å². The molecule has 2 atom stereocenters. The maximum atomic E-state index is 9.07. The van der Waals surface area contributed by atoms with E-state index in [1.807, 2.05) is 6.07 Å². The number of fused-ring (bicyclic) bond motifs is 1. The van der Waals surface area contributed by atoms with Crippen LogP contribution in [0.4, 0.5) is 0 Å². The van der Waals surface area contributed by atoms with Crippen LogP contribution in [-0.2, 0) is 6.54 Å². The Morgan fingerprint density at radius 2 is 2.20 bits per heavy atom. The van der Waals surface area contributed by atoms with Crippen LogP contribution in [-0.4, -0.2) is 18.0 Å². The molecular weight excluding hydrogens is 184 g/mol. The molecule has 1 saturated carbocycles. The zero-order chi connectivity index (χ0) is 10.3. The van der Waals surface area contributed by atoms with Crippen molar-refractivity contribution in [1.82, 2.24) is 4.90 Å². The predicted molar refractivity (Wildman–Crippen MR) is 57.9 cm³/mol. The SMILES string of the molecule is N#CC12CC1CN(Cc1ccccc1)C2. The van der Waals surface area contributed by atoms with Gasteiger partial charge in [0.15, 0.2) is 0 Å². The monoisotopic (exact) mass is 198 g/mol. The third-order valence-electron chi connectivity index (χ3n) is 3.69. The highest BCUT2D eigenvalue weighted by Crippen LogP contribution is 2.57. The molecule has 2 heteroatoms. The summed E-state index contributed by atoms with van der Waals surface area (Å²) in [6.45, 7) is 3.09. The second-order valence-electron chi connectivity index (χ2n) is 4.82. The molecule has 1 aliphatic heterocycles. The van der Waals surface area contributed by atoms with Gasteiger partial charge < -0.3 is 0 Å². The Morgan fingerprint density at radius 3 is 2.87 bits per heavy atom. The second-order valence-corrected chi connectivity index (χ2v) is 4.82. The van der Waals surface area contributed by atoms with Crippen LogP contribution in [0.15, 0.2) is 30.3 Å². The lowest BCUT2D eigenvalue weighted by Crippen LogP contribution is -2.24. The van der Waals surface area contributed by atoms with Crippen molar-refractivity contribution < 1.29 is 0 Å². The smallest absolute Gasteiger partial charge is 0.0745 e. The van der Waals surface area contributed by atoms with Crippen LogP contribution in [0.3, 0.4) is 0 Å². The minimum Gasteiger partial charge on any atom is -0.297 e. The van der Waals surface area contributed by atoms with Crippen LogP contribution in [0, 0.1) is 22.7 Å². The lowest BCUT2D eigenvalue weighted by atomic mass is 10.1. The van der Waals surface area contributed by atoms with Gasteiger partial charge in [-0.05, 0) is 17.9 Å². The molecule has 15 heavy (non-hydrogen) atoms. The average Bonchev–Trinajstić information content (AvgIpc) is 2.84. The van der Waals surface area contributed by atoms with Crippen LogP contribution in [0.5, 0.6) is 0 Å². The Balaban J connectivity index is 1.66. The van der Waals surface area contributed by atoms with E-state index in [2.05, 4.69) is 35.2 Å². The number of likely N-dealkylation sites (tertiary alicyclic amines) is 1. The fourth-order valence-electron chi connectivity index (χ4n) is 2.72. The van der Waals surface area contributed by atoms with Crippen LogP contribution in [0.1, 0.15) is 12.0 Å². The summed E-state index contributed by atoms with van der Waals surface area (Å²) in [6.07, 6.45) is 1.13. The minimum atomic E-state index is 0.0365. The summed E-state index contributed by atoms with van der Waals surface area (Å²) in [6, 6.07) is 13.0. The van der Waals surface area contributed by atoms with Gasteiger partial charge in [0.1, 0.15) is 0 Å². The quantitative estimate of drug-likeness (QED) is 0.727. The molecule has 0 amide bonds. The summed E-state index contributed by atoms with van der Waals surface area (Å²) in [4.78, 5) is 2.41. The van der Waals surface area contributed by atoms with Gasteiger partial charge in [-0.15, -0.1) is 0 Å². The Hall–Kier alpha value is -1.33. The van der Waals surface area contributed by atoms with Crippen LogP contribution in [0.2, 0.25) is 0 Å². The number of nitrogens with zero attached hydrogens (tertiary/aromatic N) is 2. The largest absolute Gasteiger partial charge is 0.297 e. The summed E-state index contributed by atoms with van der Waals surface area (Å²) in [5.74, 6) is 0.659. The first-order valence-electron chi connectivity index (χ1n) is 5.50. The standard InChI is InChI=1S/C13H14N2/c14-9-13-6-12(13)8-15(10-13)7-11-4-2-1-3-5-11/h1-5,12H,6-8,10H2. The first-order valence-corrected chi connectivity index (χ1v) is 5.50. The number of benzene rings is 1. The summed E-state index contributed by atoms with van der Waals surface area (Å²) in [7, 11) is 0. The van der Waals surface area contributed by atoms with Gasteiger partial charge in [-0.25, -0.2) is 0 Å². The summed E-state index contributed by atoms with van der Waals surface area (Å²) in [5.41, 5.74) is 1.39. The first kappa shape index (κ1) is 8.94. The van der Waals surface area contributed by atoms with Crippen molar-refractivity contribution in [3.05, 3.63) is 35.9 Å². The van der Waals surface area contributed by atoms with Gasteiger partial charge in [-0.3, -0.25) is 4.90 Å². The minimum absolute atomic E-state index is 0.0365. The number of piperidine rings is 1. The van der Waals surface area contributed by atoms with Crippen molar-refractivity contribution in [2.75, 3.05) is 13.1 Å². The Labute approximate surface area is 90.1 Å². The fourth-order valence-corrected chi connectivity index (χ4v) is 2.72. The highest BCUT2D eigenvalue weighted by Gasteiger charge is 2.60. The maximum absolute atomic E-state index is 9.07. The molecule has 2 aliphatic rings. The molecule has 0 aromatic heterocycles. The van der Waals surface area contributed by atoms with Crippen molar-refractivity contribution >= 4 is 0 Å². The summed E-state index contributed by atoms with van der Waals surface area (Å²) >= 11 is 0. The van der Waals surface area contributed by atoms with E-state index in [1.54, 1.807) is 0 Å². The molecule has 2 fully saturated rings. The van der Waals surface area contributed by atoms with Crippen molar-refractivity contribution in [2.45, 2.75) is 13.0 Å². The lowest BCUT2D eigenvalue weighted by Gasteiger charge is -2.18. The lowest BCUT2D eigenvalue weighted by molar-refractivity contribution is 0.287. The van der Waals surface area contributed by atoms with Crippen molar-refractivity contribution in [2.24, 2.45) is 11.3 Å². The van der Waals surface area contributed by atoms with Crippen LogP contribution >= 0.6 is 0 Å². The van der Waals surface area contributed by atoms with E-state index < -0.39 is 0 Å². The summed E-state index contributed by atoms with van der Waals surface area (Å²) in [5, 5.41) is 9.07. The average molecular weight is 198 g/mol. The molecule has 0 spiro atoms. The number of hydrogen-bond acceptors (Lipinski definition) is 2. The molecule has 1 saturated heterocycles. The van der Waals surface area contributed by atoms with Crippen molar-refractivity contribution in [3.8, 4) is 6.07 Å². The normalized spacial score (nSPS) is 33.4. The van der Waals surface area contributed by atoms with Crippen molar-refractivity contribution in [3.63, 3.8) is 0 Å². The molecule has 76 valence electrons. The van der Waals surface area contributed by atoms with Gasteiger partial charge in [-0.1, -0.05) is 30.3 Å². The zero-order valence-corrected chi connectivity index (χ0v) is 8.69. The molecule has 0 N–H and O–H groups in total. The van der Waals surface area contributed by atoms with Gasteiger partial charge in [0.2, 0.25) is 0 Å². The van der Waals surface area contributed by atoms with Crippen molar-refractivity contribution in [1.29, 1.82) is 5.26 Å². The molecule has 0 bridgehead atoms. The highest BCUT2D eigenvalue weighted by molar-refractivity contribution is 5.23. The van der Waals surface area contributed by atoms with E-state index in [0.717, 1.165) is 26.1 Å². The van der Waals surface area contributed by atoms with E-state index in [1.165, 1.54) is 5.56 Å². The Kier molecular flexibility index (Phi) is 1.83. The third-order valence-corrected chi connectivity index (χ3v) is 3.69. The van der Waals surface area contributed by atoms with Gasteiger partial charge >= 0.3 is 0 Å². The highest BCUT2D eigenvalue weighted by atomic mass is 15.2. The van der Waals surface area contributed by atoms with Crippen LogP contribution in [0.25, 0.3) is 0 Å². The number of rotatable bonds is 2. The van der Waals surface area contributed by atoms with E-state index in [4.69, 9.17) is 5.26 Å². The molecule has 1 aromatic rings. The van der Waals surface area contributed by atoms with Gasteiger partial charge in [0.25, 0.3) is 0 Å². The first-order chi connectivity index (χ1) is 7.32. The molecule has 1 aliphatic carbocycles. The second kappa shape index (κ2) is 3.08. The molecule has 3 rings (SSSR count). The molecular formula is C13H14N2. The molecule has 2 unspecified atom stereocenters. The van der Waals surface area contributed by atoms with E-state index in [9.17, 15) is 0 Å². The molecule has 2 nitrogen and oxygen atoms in total. The number of hydrogen-bond donors (Lipinski definition) is 0. The predicted octanol–water partition coefficient (Wildman–Crippen LogP) is 2.03. The van der Waals surface area contributed by atoms with Gasteiger partial charge in [0, 0.05) is 19.6 Å². The zero-order valence-electron chi connectivity index (χ0n) is 8.69. The van der Waals surface area contributed by atoms with E-state index in [0.29, 0.717) is 5.92 Å². The maximum Gasteiger partial charge on any atom is 0.0745 e. The van der Waals surface area contributed by atoms with Crippen LogP contribution < -0.4 is 0 Å². The third kappa shape index (κ3) is 1.44. The Bertz CT molecular complexity index is 406. The van der Waals surface area contributed by atoms with E-state index in [-0.39, 0.29) is 5.41 Å². The summed E-state index contributed by atoms with van der Waals surface area (Å²) < 4.78 is 0. The number of nitriles is 1. The van der Waals surface area contributed by atoms with Gasteiger partial charge in [0.05, 0.1) is 11.5 Å². The fraction of sp³-hybridized carbons (Fsp3) is 0.462. The van der Waals surface area contributed by atoms with E-state index >= 15 is 0 Å². The molecule has 1 heterocycles.